The third-order valence-electron chi connectivity index (χ3n) is 5.06. The van der Waals surface area contributed by atoms with Gasteiger partial charge in [0, 0.05) is 35.5 Å². The number of ether oxygens (including phenoxy) is 1. The molecule has 174 valence electrons. The highest BCUT2D eigenvalue weighted by Crippen LogP contribution is 2.23. The van der Waals surface area contributed by atoms with E-state index >= 15 is 0 Å². The molecular formula is C26H26N4O4. The number of carbonyl (C=O) groups excluding carboxylic acids is 2. The summed E-state index contributed by atoms with van der Waals surface area (Å²) >= 11 is 0. The van der Waals surface area contributed by atoms with E-state index in [-0.39, 0.29) is 17.7 Å². The molecule has 4 aromatic rings. The van der Waals surface area contributed by atoms with Gasteiger partial charge in [-0.3, -0.25) is 9.48 Å². The summed E-state index contributed by atoms with van der Waals surface area (Å²) in [4.78, 5) is 26.9. The van der Waals surface area contributed by atoms with Crippen molar-refractivity contribution in [1.29, 1.82) is 0 Å². The van der Waals surface area contributed by atoms with Crippen molar-refractivity contribution in [3.8, 4) is 0 Å². The van der Waals surface area contributed by atoms with Crippen LogP contribution < -0.4 is 10.2 Å². The van der Waals surface area contributed by atoms with Gasteiger partial charge in [-0.25, -0.2) is 4.79 Å². The lowest BCUT2D eigenvalue weighted by Gasteiger charge is -2.27. The molecule has 0 saturated heterocycles. The van der Waals surface area contributed by atoms with Crippen LogP contribution in [0, 0.1) is 0 Å². The Hall–Kier alpha value is -4.33. The third-order valence-corrected chi connectivity index (χ3v) is 5.06. The largest absolute Gasteiger partial charge is 0.452 e. The van der Waals surface area contributed by atoms with Gasteiger partial charge in [-0.05, 0) is 68.4 Å². The first-order valence-electron chi connectivity index (χ1n) is 11.0. The summed E-state index contributed by atoms with van der Waals surface area (Å²) in [7, 11) is 0. The molecule has 2 aromatic carbocycles. The Morgan fingerprint density at radius 3 is 2.41 bits per heavy atom. The monoisotopic (exact) mass is 458 g/mol. The van der Waals surface area contributed by atoms with Crippen LogP contribution in [0.2, 0.25) is 0 Å². The predicted molar refractivity (Wildman–Crippen MR) is 129 cm³/mol. The maximum absolute atomic E-state index is 12.9. The molecule has 0 spiro atoms. The molecule has 34 heavy (non-hydrogen) atoms. The molecule has 0 bridgehead atoms. The van der Waals surface area contributed by atoms with Gasteiger partial charge in [-0.1, -0.05) is 18.2 Å². The number of rotatable bonds is 9. The van der Waals surface area contributed by atoms with Crippen molar-refractivity contribution in [2.45, 2.75) is 26.4 Å². The lowest BCUT2D eigenvalue weighted by molar-refractivity contribution is -0.122. The van der Waals surface area contributed by atoms with E-state index in [2.05, 4.69) is 10.4 Å². The Morgan fingerprint density at radius 1 is 1.00 bits per heavy atom. The Morgan fingerprint density at radius 2 is 1.74 bits per heavy atom. The van der Waals surface area contributed by atoms with Gasteiger partial charge in [0.25, 0.3) is 5.91 Å². The molecule has 1 amide bonds. The van der Waals surface area contributed by atoms with Crippen LogP contribution in [-0.4, -0.2) is 34.3 Å². The van der Waals surface area contributed by atoms with Crippen LogP contribution in [0.4, 0.5) is 17.1 Å². The zero-order valence-corrected chi connectivity index (χ0v) is 19.0. The molecule has 0 aliphatic carbocycles. The molecule has 1 N–H and O–H groups in total. The summed E-state index contributed by atoms with van der Waals surface area (Å²) < 4.78 is 12.5. The van der Waals surface area contributed by atoms with Crippen LogP contribution in [0.1, 0.15) is 30.2 Å². The van der Waals surface area contributed by atoms with Gasteiger partial charge < -0.3 is 19.4 Å². The van der Waals surface area contributed by atoms with Crippen LogP contribution in [0.15, 0.2) is 89.6 Å². The minimum absolute atomic E-state index is 0.0439. The number of hydrogen-bond donors (Lipinski definition) is 1. The molecule has 0 saturated carbocycles. The third kappa shape index (κ3) is 5.72. The minimum Gasteiger partial charge on any atom is -0.452 e. The summed E-state index contributed by atoms with van der Waals surface area (Å²) in [5.41, 5.74) is 2.60. The van der Waals surface area contributed by atoms with Crippen LogP contribution in [0.3, 0.4) is 0 Å². The molecule has 8 heteroatoms. The van der Waals surface area contributed by atoms with E-state index in [0.717, 1.165) is 11.4 Å². The minimum atomic E-state index is -0.689. The van der Waals surface area contributed by atoms with E-state index in [1.807, 2.05) is 68.4 Å². The molecule has 4 rings (SSSR count). The molecule has 0 unspecified atom stereocenters. The predicted octanol–water partition coefficient (Wildman–Crippen LogP) is 4.87. The average molecular weight is 459 g/mol. The number of benzene rings is 2. The zero-order valence-electron chi connectivity index (χ0n) is 19.0. The highest BCUT2D eigenvalue weighted by molar-refractivity contribution is 5.97. The Labute approximate surface area is 197 Å². The second kappa shape index (κ2) is 10.5. The first-order chi connectivity index (χ1) is 16.5. The van der Waals surface area contributed by atoms with Crippen molar-refractivity contribution in [2.75, 3.05) is 16.8 Å². The quantitative estimate of drug-likeness (QED) is 0.360. The Balaban J connectivity index is 1.35. The van der Waals surface area contributed by atoms with E-state index in [1.54, 1.807) is 34.1 Å². The van der Waals surface area contributed by atoms with Crippen LogP contribution >= 0.6 is 0 Å². The normalized spacial score (nSPS) is 10.8. The lowest BCUT2D eigenvalue weighted by Crippen LogP contribution is -2.39. The van der Waals surface area contributed by atoms with Crippen molar-refractivity contribution < 1.29 is 18.7 Å². The fourth-order valence-corrected chi connectivity index (χ4v) is 3.52. The fourth-order valence-electron chi connectivity index (χ4n) is 3.52. The fraction of sp³-hybridized carbons (Fsp3) is 0.192. The number of carbonyl (C=O) groups is 2. The van der Waals surface area contributed by atoms with Crippen LogP contribution in [0.5, 0.6) is 0 Å². The molecule has 2 heterocycles. The number of furan rings is 1. The number of nitrogens with one attached hydrogen (secondary N) is 1. The maximum Gasteiger partial charge on any atom is 0.374 e. The first kappa shape index (κ1) is 22.8. The zero-order chi connectivity index (χ0) is 23.9. The Kier molecular flexibility index (Phi) is 7.07. The standard InChI is InChI=1S/C26H26N4O4/c1-19(2)30(22-11-9-21(10-12-22)28-20-7-4-3-5-8-20)25(31)18-33-26(32)24-14-13-23(34-24)17-29-16-6-15-27-29/h3-16,19,28H,17-18H2,1-2H3. The van der Waals surface area contributed by atoms with Crippen molar-refractivity contribution in [3.63, 3.8) is 0 Å². The second-order valence-electron chi connectivity index (χ2n) is 7.94. The van der Waals surface area contributed by atoms with E-state index in [0.29, 0.717) is 18.0 Å². The molecule has 0 radical (unpaired) electrons. The number of anilines is 3. The van der Waals surface area contributed by atoms with Gasteiger partial charge in [-0.15, -0.1) is 0 Å². The average Bonchev–Trinajstić information content (AvgIpc) is 3.52. The molecule has 0 aliphatic heterocycles. The van der Waals surface area contributed by atoms with Crippen LogP contribution in [-0.2, 0) is 16.1 Å². The molecular weight excluding hydrogens is 432 g/mol. The van der Waals surface area contributed by atoms with Crippen molar-refractivity contribution in [3.05, 3.63) is 96.7 Å². The summed E-state index contributed by atoms with van der Waals surface area (Å²) in [6.07, 6.45) is 3.46. The lowest BCUT2D eigenvalue weighted by atomic mass is 10.2. The summed E-state index contributed by atoms with van der Waals surface area (Å²) in [6.45, 7) is 3.82. The van der Waals surface area contributed by atoms with Gasteiger partial charge in [0.1, 0.15) is 5.76 Å². The summed E-state index contributed by atoms with van der Waals surface area (Å²) in [6, 6.07) is 22.3. The van der Waals surface area contributed by atoms with Gasteiger partial charge in [0.05, 0.1) is 6.54 Å². The smallest absolute Gasteiger partial charge is 0.374 e. The highest BCUT2D eigenvalue weighted by atomic mass is 16.5. The van der Waals surface area contributed by atoms with E-state index in [9.17, 15) is 9.59 Å². The van der Waals surface area contributed by atoms with Gasteiger partial charge in [-0.2, -0.15) is 5.10 Å². The molecule has 8 nitrogen and oxygen atoms in total. The van der Waals surface area contributed by atoms with E-state index in [4.69, 9.17) is 9.15 Å². The van der Waals surface area contributed by atoms with E-state index in [1.165, 1.54) is 6.07 Å². The van der Waals surface area contributed by atoms with Crippen molar-refractivity contribution >= 4 is 28.9 Å². The van der Waals surface area contributed by atoms with Crippen molar-refractivity contribution in [2.24, 2.45) is 0 Å². The van der Waals surface area contributed by atoms with Gasteiger partial charge in [0.2, 0.25) is 5.76 Å². The highest BCUT2D eigenvalue weighted by Gasteiger charge is 2.22. The Bertz CT molecular complexity index is 1220. The molecule has 2 aromatic heterocycles. The number of para-hydroxylation sites is 1. The number of aromatic nitrogens is 2. The number of esters is 1. The second-order valence-corrected chi connectivity index (χ2v) is 7.94. The van der Waals surface area contributed by atoms with Crippen molar-refractivity contribution in [1.82, 2.24) is 9.78 Å². The van der Waals surface area contributed by atoms with Crippen LogP contribution in [0.25, 0.3) is 0 Å². The van der Waals surface area contributed by atoms with E-state index < -0.39 is 12.6 Å². The maximum atomic E-state index is 12.9. The SMILES string of the molecule is CC(C)N(C(=O)COC(=O)c1ccc(Cn2cccn2)o1)c1ccc(Nc2ccccc2)cc1. The number of hydrogen-bond acceptors (Lipinski definition) is 6. The topological polar surface area (TPSA) is 89.6 Å². The van der Waals surface area contributed by atoms with Gasteiger partial charge >= 0.3 is 5.97 Å². The number of amides is 1. The first-order valence-corrected chi connectivity index (χ1v) is 11.0. The van der Waals surface area contributed by atoms with Gasteiger partial charge in [0.15, 0.2) is 6.61 Å². The summed E-state index contributed by atoms with van der Waals surface area (Å²) in [5, 5.41) is 7.42. The molecule has 0 atom stereocenters. The number of nitrogens with zero attached hydrogens (tertiary/aromatic N) is 3. The summed E-state index contributed by atoms with van der Waals surface area (Å²) in [5.74, 6) is -0.404. The molecule has 0 fully saturated rings. The molecule has 0 aliphatic rings.